The Bertz CT molecular complexity index is 955. The second kappa shape index (κ2) is 10.4. The van der Waals surface area contributed by atoms with E-state index in [-0.39, 0.29) is 16.7 Å². The van der Waals surface area contributed by atoms with Crippen LogP contribution in [-0.4, -0.2) is 20.9 Å². The third-order valence-corrected chi connectivity index (χ3v) is 6.48. The number of nitrogens with one attached hydrogen (secondary N) is 2. The fourth-order valence-electron chi connectivity index (χ4n) is 2.93. The van der Waals surface area contributed by atoms with Crippen LogP contribution in [0.1, 0.15) is 43.9 Å². The van der Waals surface area contributed by atoms with Gasteiger partial charge in [-0.2, -0.15) is 0 Å². The standard InChI is InChI=1S/C22H29BrN2O3S/c1-5-18-13-19(23)12-16(4)22(18)25-21(26)11-8-17-6-9-20(10-7-17)29(27,28)24-14-15(2)3/h6-7,9-10,12-13,15,24H,5,8,11,14H2,1-4H3,(H,25,26). The fourth-order valence-corrected chi connectivity index (χ4v) is 4.76. The predicted octanol–water partition coefficient (Wildman–Crippen LogP) is 4.83. The summed E-state index contributed by atoms with van der Waals surface area (Å²) in [6.45, 7) is 8.35. The lowest BCUT2D eigenvalue weighted by molar-refractivity contribution is -0.116. The molecule has 158 valence electrons. The van der Waals surface area contributed by atoms with Gasteiger partial charge in [0.2, 0.25) is 15.9 Å². The van der Waals surface area contributed by atoms with Gasteiger partial charge in [0.1, 0.15) is 0 Å². The molecule has 2 aromatic carbocycles. The van der Waals surface area contributed by atoms with Gasteiger partial charge in [0.15, 0.2) is 0 Å². The van der Waals surface area contributed by atoms with Gasteiger partial charge in [-0.05, 0) is 66.6 Å². The van der Waals surface area contributed by atoms with Crippen molar-refractivity contribution in [3.63, 3.8) is 0 Å². The lowest BCUT2D eigenvalue weighted by Crippen LogP contribution is -2.27. The van der Waals surface area contributed by atoms with E-state index in [1.54, 1.807) is 24.3 Å². The van der Waals surface area contributed by atoms with Crippen LogP contribution < -0.4 is 10.0 Å². The lowest BCUT2D eigenvalue weighted by Gasteiger charge is -2.14. The minimum absolute atomic E-state index is 0.0552. The molecule has 0 aromatic heterocycles. The summed E-state index contributed by atoms with van der Waals surface area (Å²) in [6, 6.07) is 10.7. The summed E-state index contributed by atoms with van der Waals surface area (Å²) >= 11 is 3.49. The van der Waals surface area contributed by atoms with Crippen LogP contribution in [-0.2, 0) is 27.7 Å². The van der Waals surface area contributed by atoms with Crippen molar-refractivity contribution in [1.29, 1.82) is 0 Å². The van der Waals surface area contributed by atoms with Gasteiger partial charge in [0.05, 0.1) is 4.90 Å². The first-order valence-electron chi connectivity index (χ1n) is 9.80. The van der Waals surface area contributed by atoms with Crippen LogP contribution in [0.5, 0.6) is 0 Å². The van der Waals surface area contributed by atoms with Crippen LogP contribution in [0.4, 0.5) is 5.69 Å². The Hall–Kier alpha value is -1.70. The highest BCUT2D eigenvalue weighted by molar-refractivity contribution is 9.10. The van der Waals surface area contributed by atoms with Crippen molar-refractivity contribution in [1.82, 2.24) is 4.72 Å². The molecule has 0 unspecified atom stereocenters. The van der Waals surface area contributed by atoms with E-state index in [0.29, 0.717) is 19.4 Å². The molecule has 5 nitrogen and oxygen atoms in total. The van der Waals surface area contributed by atoms with Crippen LogP contribution in [0.15, 0.2) is 45.8 Å². The average Bonchev–Trinajstić information content (AvgIpc) is 2.67. The summed E-state index contributed by atoms with van der Waals surface area (Å²) < 4.78 is 28.1. The molecule has 1 amide bonds. The Labute approximate surface area is 182 Å². The largest absolute Gasteiger partial charge is 0.326 e. The molecule has 0 aliphatic heterocycles. The maximum Gasteiger partial charge on any atom is 0.240 e. The molecule has 0 aliphatic rings. The van der Waals surface area contributed by atoms with Gasteiger partial charge in [-0.15, -0.1) is 0 Å². The van der Waals surface area contributed by atoms with Gasteiger partial charge in [0, 0.05) is 23.1 Å². The zero-order valence-electron chi connectivity index (χ0n) is 17.4. The van der Waals surface area contributed by atoms with E-state index in [9.17, 15) is 13.2 Å². The van der Waals surface area contributed by atoms with Gasteiger partial charge in [0.25, 0.3) is 0 Å². The highest BCUT2D eigenvalue weighted by Crippen LogP contribution is 2.26. The van der Waals surface area contributed by atoms with Gasteiger partial charge in [-0.3, -0.25) is 4.79 Å². The molecule has 29 heavy (non-hydrogen) atoms. The molecule has 7 heteroatoms. The van der Waals surface area contributed by atoms with Crippen molar-refractivity contribution in [3.05, 3.63) is 57.6 Å². The number of carbonyl (C=O) groups excluding carboxylic acids is 1. The zero-order chi connectivity index (χ0) is 21.6. The first-order valence-corrected chi connectivity index (χ1v) is 12.1. The van der Waals surface area contributed by atoms with Crippen LogP contribution in [0.3, 0.4) is 0 Å². The van der Waals surface area contributed by atoms with Gasteiger partial charge >= 0.3 is 0 Å². The van der Waals surface area contributed by atoms with Crippen molar-refractivity contribution in [3.8, 4) is 0 Å². The number of hydrogen-bond acceptors (Lipinski definition) is 3. The third-order valence-electron chi connectivity index (χ3n) is 4.58. The molecule has 0 heterocycles. The molecular weight excluding hydrogens is 452 g/mol. The summed E-state index contributed by atoms with van der Waals surface area (Å²) in [5.74, 6) is 0.186. The molecule has 2 aromatic rings. The van der Waals surface area contributed by atoms with Crippen LogP contribution in [0.2, 0.25) is 0 Å². The van der Waals surface area contributed by atoms with Crippen molar-refractivity contribution >= 4 is 37.5 Å². The second-order valence-electron chi connectivity index (χ2n) is 7.55. The highest BCUT2D eigenvalue weighted by Gasteiger charge is 2.14. The van der Waals surface area contributed by atoms with E-state index in [4.69, 9.17) is 0 Å². The van der Waals surface area contributed by atoms with E-state index in [2.05, 4.69) is 32.9 Å². The maximum absolute atomic E-state index is 12.4. The summed E-state index contributed by atoms with van der Waals surface area (Å²) in [4.78, 5) is 12.7. The highest BCUT2D eigenvalue weighted by atomic mass is 79.9. The molecule has 0 saturated carbocycles. The lowest BCUT2D eigenvalue weighted by atomic mass is 10.1. The number of benzene rings is 2. The van der Waals surface area contributed by atoms with E-state index in [1.807, 2.05) is 32.9 Å². The van der Waals surface area contributed by atoms with E-state index >= 15 is 0 Å². The average molecular weight is 481 g/mol. The van der Waals surface area contributed by atoms with Crippen LogP contribution in [0.25, 0.3) is 0 Å². The monoisotopic (exact) mass is 480 g/mol. The van der Waals surface area contributed by atoms with Crippen molar-refractivity contribution in [2.75, 3.05) is 11.9 Å². The van der Waals surface area contributed by atoms with Crippen molar-refractivity contribution in [2.24, 2.45) is 5.92 Å². The van der Waals surface area contributed by atoms with Crippen LogP contribution >= 0.6 is 15.9 Å². The number of amides is 1. The third kappa shape index (κ3) is 6.94. The molecule has 0 fully saturated rings. The number of aryl methyl sites for hydroxylation is 3. The Morgan fingerprint density at radius 3 is 2.38 bits per heavy atom. The SMILES string of the molecule is CCc1cc(Br)cc(C)c1NC(=O)CCc1ccc(S(=O)(=O)NCC(C)C)cc1. The molecule has 0 saturated heterocycles. The normalized spacial score (nSPS) is 11.7. The Balaban J connectivity index is 1.98. The molecule has 0 atom stereocenters. The van der Waals surface area contributed by atoms with Gasteiger partial charge < -0.3 is 5.32 Å². The van der Waals surface area contributed by atoms with E-state index in [0.717, 1.165) is 33.3 Å². The number of halogens is 1. The molecule has 2 rings (SSSR count). The number of hydrogen-bond donors (Lipinski definition) is 2. The quantitative estimate of drug-likeness (QED) is 0.539. The molecule has 2 N–H and O–H groups in total. The number of rotatable bonds is 9. The van der Waals surface area contributed by atoms with Crippen molar-refractivity contribution < 1.29 is 13.2 Å². The summed E-state index contributed by atoms with van der Waals surface area (Å²) in [6.07, 6.45) is 1.70. The summed E-state index contributed by atoms with van der Waals surface area (Å²) in [5, 5.41) is 3.02. The fraction of sp³-hybridized carbons (Fsp3) is 0.409. The smallest absolute Gasteiger partial charge is 0.240 e. The predicted molar refractivity (Wildman–Crippen MR) is 122 cm³/mol. The Morgan fingerprint density at radius 1 is 1.14 bits per heavy atom. The second-order valence-corrected chi connectivity index (χ2v) is 10.2. The van der Waals surface area contributed by atoms with Crippen molar-refractivity contribution in [2.45, 2.75) is 51.9 Å². The number of anilines is 1. The van der Waals surface area contributed by atoms with Gasteiger partial charge in [-0.25, -0.2) is 13.1 Å². The van der Waals surface area contributed by atoms with Gasteiger partial charge in [-0.1, -0.05) is 48.8 Å². The summed E-state index contributed by atoms with van der Waals surface area (Å²) in [7, 11) is -3.49. The first-order chi connectivity index (χ1) is 13.6. The topological polar surface area (TPSA) is 75.3 Å². The Kier molecular flexibility index (Phi) is 8.43. The minimum Gasteiger partial charge on any atom is -0.326 e. The molecular formula is C22H29BrN2O3S. The Morgan fingerprint density at radius 2 is 1.79 bits per heavy atom. The number of sulfonamides is 1. The number of carbonyl (C=O) groups is 1. The first kappa shape index (κ1) is 23.6. The summed E-state index contributed by atoms with van der Waals surface area (Å²) in [5.41, 5.74) is 3.91. The molecule has 0 aliphatic carbocycles. The van der Waals surface area contributed by atoms with E-state index in [1.165, 1.54) is 0 Å². The van der Waals surface area contributed by atoms with E-state index < -0.39 is 10.0 Å². The molecule has 0 bridgehead atoms. The molecule has 0 spiro atoms. The molecule has 0 radical (unpaired) electrons. The zero-order valence-corrected chi connectivity index (χ0v) is 19.8. The maximum atomic E-state index is 12.4. The minimum atomic E-state index is -3.49. The van der Waals surface area contributed by atoms with Crippen LogP contribution in [0, 0.1) is 12.8 Å².